The first kappa shape index (κ1) is 24.4. The van der Waals surface area contributed by atoms with Gasteiger partial charge in [0.2, 0.25) is 0 Å². The molecule has 0 saturated heterocycles. The van der Waals surface area contributed by atoms with Crippen LogP contribution >= 0.6 is 23.5 Å². The Morgan fingerprint density at radius 3 is 2.88 bits per heavy atom. The van der Waals surface area contributed by atoms with Gasteiger partial charge in [0, 0.05) is 35.0 Å². The molecule has 176 valence electrons. The lowest BCUT2D eigenvalue weighted by Gasteiger charge is -2.14. The molecule has 1 atom stereocenters. The number of ether oxygens (including phenoxy) is 1. The summed E-state index contributed by atoms with van der Waals surface area (Å²) in [6, 6.07) is 10.7. The predicted octanol–water partition coefficient (Wildman–Crippen LogP) is 3.71. The van der Waals surface area contributed by atoms with E-state index in [1.165, 1.54) is 18.0 Å². The fraction of sp³-hybridized carbons (Fsp3) is 0.174. The van der Waals surface area contributed by atoms with Gasteiger partial charge in [-0.05, 0) is 60.3 Å². The van der Waals surface area contributed by atoms with E-state index in [-0.39, 0.29) is 23.7 Å². The van der Waals surface area contributed by atoms with Crippen molar-refractivity contribution in [1.29, 1.82) is 0 Å². The Hall–Kier alpha value is -2.76. The van der Waals surface area contributed by atoms with Crippen molar-refractivity contribution in [2.75, 3.05) is 6.54 Å². The van der Waals surface area contributed by atoms with E-state index in [2.05, 4.69) is 14.7 Å². The van der Waals surface area contributed by atoms with Crippen LogP contribution in [-0.4, -0.2) is 27.5 Å². The molecule has 11 heteroatoms. The highest BCUT2D eigenvalue weighted by atomic mass is 35.5. The summed E-state index contributed by atoms with van der Waals surface area (Å²) in [5.41, 5.74) is 13.7. The van der Waals surface area contributed by atoms with Crippen molar-refractivity contribution in [2.24, 2.45) is 16.5 Å². The maximum Gasteiger partial charge on any atom is 0.278 e. The van der Waals surface area contributed by atoms with Gasteiger partial charge in [0.1, 0.15) is 17.3 Å². The SMILES string of the molecule is Cc1cc(C(=O)N=C(N)CN)cc2c1Oc1c(Cl)cc(SNCc3cccnc3)cc1CS2=O. The molecular formula is C23H22ClN5O3S2. The average molecular weight is 516 g/mol. The van der Waals surface area contributed by atoms with Crippen LogP contribution in [0.5, 0.6) is 11.5 Å². The summed E-state index contributed by atoms with van der Waals surface area (Å²) in [7, 11) is -1.48. The number of nitrogens with zero attached hydrogens (tertiary/aromatic N) is 2. The number of fused-ring (bicyclic) bond motifs is 2. The van der Waals surface area contributed by atoms with Crippen LogP contribution in [0.2, 0.25) is 5.02 Å². The van der Waals surface area contributed by atoms with Crippen LogP contribution in [0.15, 0.2) is 63.6 Å². The quantitative estimate of drug-likeness (QED) is 0.257. The fourth-order valence-corrected chi connectivity index (χ4v) is 5.78. The van der Waals surface area contributed by atoms with Crippen LogP contribution in [0.4, 0.5) is 0 Å². The number of pyridine rings is 1. The molecule has 3 aromatic rings. The molecular weight excluding hydrogens is 494 g/mol. The van der Waals surface area contributed by atoms with E-state index in [4.69, 9.17) is 27.8 Å². The molecule has 1 unspecified atom stereocenters. The van der Waals surface area contributed by atoms with Crippen LogP contribution in [0.25, 0.3) is 0 Å². The van der Waals surface area contributed by atoms with Crippen molar-refractivity contribution in [3.63, 3.8) is 0 Å². The van der Waals surface area contributed by atoms with E-state index < -0.39 is 16.7 Å². The molecule has 34 heavy (non-hydrogen) atoms. The van der Waals surface area contributed by atoms with Crippen LogP contribution in [0, 0.1) is 6.92 Å². The van der Waals surface area contributed by atoms with Crippen molar-refractivity contribution >= 4 is 46.1 Å². The van der Waals surface area contributed by atoms with Crippen molar-refractivity contribution in [3.8, 4) is 11.5 Å². The lowest BCUT2D eigenvalue weighted by atomic mass is 10.1. The molecule has 2 heterocycles. The number of carbonyl (C=O) groups is 1. The molecule has 0 bridgehead atoms. The molecule has 5 N–H and O–H groups in total. The minimum Gasteiger partial charge on any atom is -0.454 e. The van der Waals surface area contributed by atoms with Gasteiger partial charge in [-0.3, -0.25) is 18.7 Å². The topological polar surface area (TPSA) is 133 Å². The van der Waals surface area contributed by atoms with Crippen molar-refractivity contribution in [2.45, 2.75) is 29.0 Å². The fourth-order valence-electron chi connectivity index (χ4n) is 3.34. The second-order valence-electron chi connectivity index (χ2n) is 7.50. The third-order valence-corrected chi connectivity index (χ3v) is 7.37. The Morgan fingerprint density at radius 1 is 1.32 bits per heavy atom. The molecule has 2 aromatic carbocycles. The minimum absolute atomic E-state index is 0.0244. The molecule has 1 aromatic heterocycles. The zero-order valence-corrected chi connectivity index (χ0v) is 20.6. The molecule has 1 aliphatic rings. The van der Waals surface area contributed by atoms with Gasteiger partial charge in [-0.2, -0.15) is 4.99 Å². The number of carbonyl (C=O) groups excluding carboxylic acids is 1. The largest absolute Gasteiger partial charge is 0.454 e. The van der Waals surface area contributed by atoms with E-state index in [1.807, 2.05) is 18.2 Å². The van der Waals surface area contributed by atoms with Gasteiger partial charge >= 0.3 is 0 Å². The van der Waals surface area contributed by atoms with E-state index >= 15 is 0 Å². The number of nitrogens with two attached hydrogens (primary N) is 2. The average Bonchev–Trinajstić information content (AvgIpc) is 2.96. The Kier molecular flexibility index (Phi) is 7.64. The normalized spacial score (nSPS) is 15.1. The van der Waals surface area contributed by atoms with E-state index in [0.29, 0.717) is 39.1 Å². The Morgan fingerprint density at radius 2 is 2.15 bits per heavy atom. The Bertz CT molecular complexity index is 1300. The number of hydrogen-bond donors (Lipinski definition) is 3. The Labute approximate surface area is 208 Å². The molecule has 0 saturated carbocycles. The molecule has 1 amide bonds. The highest BCUT2D eigenvalue weighted by molar-refractivity contribution is 7.97. The maximum absolute atomic E-state index is 13.3. The summed E-state index contributed by atoms with van der Waals surface area (Å²) in [4.78, 5) is 21.6. The summed E-state index contributed by atoms with van der Waals surface area (Å²) in [6.45, 7) is 2.36. The second-order valence-corrected chi connectivity index (χ2v) is 10.3. The van der Waals surface area contributed by atoms with Crippen LogP contribution in [-0.2, 0) is 23.1 Å². The lowest BCUT2D eigenvalue weighted by Crippen LogP contribution is -2.24. The number of aliphatic imine (C=N–C) groups is 1. The molecule has 8 nitrogen and oxygen atoms in total. The highest BCUT2D eigenvalue weighted by Crippen LogP contribution is 2.43. The smallest absolute Gasteiger partial charge is 0.278 e. The monoisotopic (exact) mass is 515 g/mol. The first-order valence-corrected chi connectivity index (χ1v) is 12.8. The number of benzene rings is 2. The summed E-state index contributed by atoms with van der Waals surface area (Å²) < 4.78 is 22.7. The number of hydrogen-bond acceptors (Lipinski definition) is 7. The highest BCUT2D eigenvalue weighted by Gasteiger charge is 2.26. The number of amidine groups is 1. The van der Waals surface area contributed by atoms with E-state index in [1.54, 1.807) is 31.5 Å². The van der Waals surface area contributed by atoms with Crippen LogP contribution in [0.1, 0.15) is 27.0 Å². The standard InChI is InChI=1S/C23H22ClN5O3S2/c1-13-5-15(23(30)29-20(26)9-25)7-19-21(13)32-22-16(12-34(19)31)6-17(8-18(22)24)33-28-11-14-3-2-4-27-10-14/h2-8,10,28H,9,11-12,25H2,1H3,(H2,26,29,30). The van der Waals surface area contributed by atoms with Crippen LogP contribution in [0.3, 0.4) is 0 Å². The number of aryl methyl sites for hydroxylation is 1. The van der Waals surface area contributed by atoms with Gasteiger partial charge in [0.15, 0.2) is 0 Å². The van der Waals surface area contributed by atoms with Crippen molar-refractivity contribution in [3.05, 3.63) is 76.1 Å². The first-order valence-electron chi connectivity index (χ1n) is 10.2. The van der Waals surface area contributed by atoms with Gasteiger partial charge in [-0.15, -0.1) is 0 Å². The van der Waals surface area contributed by atoms with Gasteiger partial charge < -0.3 is 16.2 Å². The van der Waals surface area contributed by atoms with Crippen molar-refractivity contribution < 1.29 is 13.7 Å². The van der Waals surface area contributed by atoms with E-state index in [9.17, 15) is 9.00 Å². The molecule has 0 spiro atoms. The zero-order valence-electron chi connectivity index (χ0n) is 18.2. The van der Waals surface area contributed by atoms with Gasteiger partial charge in [0.05, 0.1) is 33.0 Å². The predicted molar refractivity (Wildman–Crippen MR) is 135 cm³/mol. The zero-order chi connectivity index (χ0) is 24.2. The molecule has 0 radical (unpaired) electrons. The number of halogens is 1. The molecule has 1 aliphatic heterocycles. The van der Waals surface area contributed by atoms with Gasteiger partial charge in [-0.25, -0.2) is 0 Å². The molecule has 4 rings (SSSR count). The minimum atomic E-state index is -1.48. The maximum atomic E-state index is 13.3. The number of rotatable bonds is 6. The summed E-state index contributed by atoms with van der Waals surface area (Å²) in [5.74, 6) is 0.532. The summed E-state index contributed by atoms with van der Waals surface area (Å²) in [5, 5.41) is 0.410. The van der Waals surface area contributed by atoms with E-state index in [0.717, 1.165) is 10.5 Å². The van der Waals surface area contributed by atoms with Gasteiger partial charge in [-0.1, -0.05) is 17.7 Å². The van der Waals surface area contributed by atoms with Crippen LogP contribution < -0.4 is 20.9 Å². The van der Waals surface area contributed by atoms with Gasteiger partial charge in [0.25, 0.3) is 5.91 Å². The second kappa shape index (κ2) is 10.7. The number of nitrogens with one attached hydrogen (secondary N) is 1. The summed E-state index contributed by atoms with van der Waals surface area (Å²) in [6.07, 6.45) is 3.52. The van der Waals surface area contributed by atoms with Crippen molar-refractivity contribution in [1.82, 2.24) is 9.71 Å². The third kappa shape index (κ3) is 5.48. The number of amides is 1. The Balaban J connectivity index is 1.59. The molecule has 0 fully saturated rings. The first-order chi connectivity index (χ1) is 16.4. The lowest BCUT2D eigenvalue weighted by molar-refractivity contribution is 0.100. The third-order valence-electron chi connectivity index (χ3n) is 4.96. The number of aromatic nitrogens is 1. The summed E-state index contributed by atoms with van der Waals surface area (Å²) >= 11 is 7.98. The molecule has 0 aliphatic carbocycles.